The van der Waals surface area contributed by atoms with Crippen molar-refractivity contribution in [2.24, 2.45) is 0 Å². The number of ether oxygens (including phenoxy) is 1. The number of esters is 1. The number of nitrogen functional groups attached to an aromatic ring is 1. The first-order valence-electron chi connectivity index (χ1n) is 5.92. The van der Waals surface area contributed by atoms with E-state index in [2.05, 4.69) is 18.7 Å². The highest BCUT2D eigenvalue weighted by Crippen LogP contribution is 2.06. The standard InChI is InChI=1S/C13H20N2O2.3ClH/c1-3-15(4-2)9-10-17-13(16)11-5-7-12(14)8-6-11;;;/h5-8H,3-4,9-10,14H2,1-2H3;3*1H. The summed E-state index contributed by atoms with van der Waals surface area (Å²) in [6.07, 6.45) is 0. The number of hydrogen-bond acceptors (Lipinski definition) is 4. The minimum atomic E-state index is -0.294. The van der Waals surface area contributed by atoms with Crippen LogP contribution in [0.3, 0.4) is 0 Å². The van der Waals surface area contributed by atoms with Crippen LogP contribution in [0.5, 0.6) is 0 Å². The summed E-state index contributed by atoms with van der Waals surface area (Å²) in [6, 6.07) is 6.74. The summed E-state index contributed by atoms with van der Waals surface area (Å²) in [5.41, 5.74) is 6.73. The summed E-state index contributed by atoms with van der Waals surface area (Å²) in [4.78, 5) is 13.8. The van der Waals surface area contributed by atoms with Crippen LogP contribution in [0.25, 0.3) is 0 Å². The normalized spacial score (nSPS) is 8.95. The summed E-state index contributed by atoms with van der Waals surface area (Å²) >= 11 is 0. The van der Waals surface area contributed by atoms with Gasteiger partial charge >= 0.3 is 5.97 Å². The van der Waals surface area contributed by atoms with Crippen LogP contribution in [0.4, 0.5) is 5.69 Å². The molecule has 1 aromatic rings. The Morgan fingerprint density at radius 3 is 2.05 bits per heavy atom. The van der Waals surface area contributed by atoms with Crippen molar-refractivity contribution < 1.29 is 9.53 Å². The average molecular weight is 346 g/mol. The molecule has 0 aromatic heterocycles. The molecule has 0 bridgehead atoms. The molecule has 0 amide bonds. The van der Waals surface area contributed by atoms with Crippen molar-refractivity contribution in [1.82, 2.24) is 4.90 Å². The Morgan fingerprint density at radius 2 is 1.60 bits per heavy atom. The predicted molar refractivity (Wildman–Crippen MR) is 90.7 cm³/mol. The molecule has 0 aliphatic heterocycles. The molecule has 4 nitrogen and oxygen atoms in total. The van der Waals surface area contributed by atoms with Gasteiger partial charge in [0.2, 0.25) is 0 Å². The van der Waals surface area contributed by atoms with Gasteiger partial charge < -0.3 is 15.4 Å². The molecule has 0 spiro atoms. The first-order chi connectivity index (χ1) is 8.17. The molecule has 0 saturated heterocycles. The van der Waals surface area contributed by atoms with Crippen LogP contribution < -0.4 is 5.73 Å². The van der Waals surface area contributed by atoms with E-state index in [1.807, 2.05) is 0 Å². The van der Waals surface area contributed by atoms with E-state index in [0.717, 1.165) is 19.6 Å². The lowest BCUT2D eigenvalue weighted by Crippen LogP contribution is -2.27. The van der Waals surface area contributed by atoms with E-state index in [9.17, 15) is 4.79 Å². The number of nitrogens with zero attached hydrogens (tertiary/aromatic N) is 1. The second-order valence-corrected chi connectivity index (χ2v) is 3.78. The highest BCUT2D eigenvalue weighted by atomic mass is 35.5. The fourth-order valence-corrected chi connectivity index (χ4v) is 1.51. The summed E-state index contributed by atoms with van der Waals surface area (Å²) in [6.45, 7) is 7.31. The lowest BCUT2D eigenvalue weighted by atomic mass is 10.2. The maximum atomic E-state index is 11.6. The van der Waals surface area contributed by atoms with E-state index in [1.54, 1.807) is 24.3 Å². The summed E-state index contributed by atoms with van der Waals surface area (Å²) in [5.74, 6) is -0.294. The fourth-order valence-electron chi connectivity index (χ4n) is 1.51. The van der Waals surface area contributed by atoms with Crippen LogP contribution in [-0.2, 0) is 4.74 Å². The third-order valence-corrected chi connectivity index (χ3v) is 2.68. The molecule has 0 unspecified atom stereocenters. The van der Waals surface area contributed by atoms with Crippen LogP contribution in [-0.4, -0.2) is 37.1 Å². The number of carbonyl (C=O) groups excluding carboxylic acids is 1. The molecule has 2 N–H and O–H groups in total. The van der Waals surface area contributed by atoms with Gasteiger partial charge in [0, 0.05) is 12.2 Å². The molecule has 0 aliphatic rings. The third kappa shape index (κ3) is 8.48. The van der Waals surface area contributed by atoms with Gasteiger partial charge in [-0.05, 0) is 37.4 Å². The Hall–Kier alpha value is -0.680. The van der Waals surface area contributed by atoms with E-state index in [-0.39, 0.29) is 43.2 Å². The van der Waals surface area contributed by atoms with Crippen molar-refractivity contribution in [2.45, 2.75) is 13.8 Å². The highest BCUT2D eigenvalue weighted by molar-refractivity contribution is 5.89. The van der Waals surface area contributed by atoms with E-state index in [1.165, 1.54) is 0 Å². The van der Waals surface area contributed by atoms with E-state index in [4.69, 9.17) is 10.5 Å². The van der Waals surface area contributed by atoms with Crippen LogP contribution in [0.15, 0.2) is 24.3 Å². The minimum absolute atomic E-state index is 0. The number of nitrogens with two attached hydrogens (primary N) is 1. The molecule has 118 valence electrons. The minimum Gasteiger partial charge on any atom is -0.461 e. The van der Waals surface area contributed by atoms with Crippen LogP contribution in [0, 0.1) is 0 Å². The second kappa shape index (κ2) is 13.3. The van der Waals surface area contributed by atoms with Gasteiger partial charge in [-0.25, -0.2) is 4.79 Å². The maximum Gasteiger partial charge on any atom is 0.338 e. The first-order valence-corrected chi connectivity index (χ1v) is 5.92. The number of carbonyl (C=O) groups is 1. The molecule has 7 heteroatoms. The number of hydrogen-bond donors (Lipinski definition) is 1. The van der Waals surface area contributed by atoms with Gasteiger partial charge in [0.15, 0.2) is 0 Å². The van der Waals surface area contributed by atoms with Crippen molar-refractivity contribution in [2.75, 3.05) is 32.0 Å². The highest BCUT2D eigenvalue weighted by Gasteiger charge is 2.07. The smallest absolute Gasteiger partial charge is 0.338 e. The van der Waals surface area contributed by atoms with Crippen LogP contribution >= 0.6 is 37.2 Å². The predicted octanol–water partition coefficient (Wildman–Crippen LogP) is 3.03. The average Bonchev–Trinajstić information content (AvgIpc) is 2.35. The zero-order valence-corrected chi connectivity index (χ0v) is 14.2. The van der Waals surface area contributed by atoms with Gasteiger partial charge in [0.05, 0.1) is 5.56 Å². The van der Waals surface area contributed by atoms with Gasteiger partial charge in [-0.3, -0.25) is 0 Å². The Bertz CT molecular complexity index is 357. The fraction of sp³-hybridized carbons (Fsp3) is 0.462. The quantitative estimate of drug-likeness (QED) is 0.636. The van der Waals surface area contributed by atoms with Gasteiger partial charge in [0.1, 0.15) is 6.61 Å². The van der Waals surface area contributed by atoms with E-state index < -0.39 is 0 Å². The summed E-state index contributed by atoms with van der Waals surface area (Å²) < 4.78 is 5.18. The van der Waals surface area contributed by atoms with Crippen molar-refractivity contribution in [1.29, 1.82) is 0 Å². The molecule has 0 atom stereocenters. The first kappa shape index (κ1) is 24.3. The Balaban J connectivity index is -0.000000963. The zero-order chi connectivity index (χ0) is 12.7. The molecular weight excluding hydrogens is 323 g/mol. The number of rotatable bonds is 6. The number of anilines is 1. The summed E-state index contributed by atoms with van der Waals surface area (Å²) in [7, 11) is 0. The Labute approximate surface area is 139 Å². The van der Waals surface area contributed by atoms with Crippen LogP contribution in [0.1, 0.15) is 24.2 Å². The number of likely N-dealkylation sites (N-methyl/N-ethyl adjacent to an activating group) is 1. The van der Waals surface area contributed by atoms with Gasteiger partial charge in [-0.2, -0.15) is 0 Å². The molecule has 1 rings (SSSR count). The zero-order valence-electron chi connectivity index (χ0n) is 11.7. The molecule has 20 heavy (non-hydrogen) atoms. The van der Waals surface area contributed by atoms with Crippen molar-refractivity contribution in [3.05, 3.63) is 29.8 Å². The molecule has 0 heterocycles. The van der Waals surface area contributed by atoms with Crippen molar-refractivity contribution >= 4 is 48.9 Å². The second-order valence-electron chi connectivity index (χ2n) is 3.78. The Kier molecular flexibility index (Phi) is 16.2. The SMILES string of the molecule is CCN(CC)CCOC(=O)c1ccc(N)cc1.Cl.Cl.Cl. The van der Waals surface area contributed by atoms with E-state index >= 15 is 0 Å². The van der Waals surface area contributed by atoms with Crippen molar-refractivity contribution in [3.8, 4) is 0 Å². The van der Waals surface area contributed by atoms with Gasteiger partial charge in [-0.1, -0.05) is 13.8 Å². The molecule has 0 radical (unpaired) electrons. The summed E-state index contributed by atoms with van der Waals surface area (Å²) in [5, 5.41) is 0. The largest absolute Gasteiger partial charge is 0.461 e. The molecular formula is C13H23Cl3N2O2. The lowest BCUT2D eigenvalue weighted by molar-refractivity contribution is 0.0466. The number of halogens is 3. The van der Waals surface area contributed by atoms with Gasteiger partial charge in [-0.15, -0.1) is 37.2 Å². The molecule has 0 saturated carbocycles. The molecule has 0 aliphatic carbocycles. The topological polar surface area (TPSA) is 55.6 Å². The number of benzene rings is 1. The maximum absolute atomic E-state index is 11.6. The Morgan fingerprint density at radius 1 is 1.10 bits per heavy atom. The van der Waals surface area contributed by atoms with Crippen molar-refractivity contribution in [3.63, 3.8) is 0 Å². The van der Waals surface area contributed by atoms with E-state index in [0.29, 0.717) is 17.9 Å². The third-order valence-electron chi connectivity index (χ3n) is 2.68. The monoisotopic (exact) mass is 344 g/mol. The van der Waals surface area contributed by atoms with Crippen LogP contribution in [0.2, 0.25) is 0 Å². The molecule has 1 aromatic carbocycles. The molecule has 0 fully saturated rings. The lowest BCUT2D eigenvalue weighted by Gasteiger charge is -2.17. The van der Waals surface area contributed by atoms with Gasteiger partial charge in [0.25, 0.3) is 0 Å².